The van der Waals surface area contributed by atoms with Crippen molar-refractivity contribution in [1.82, 2.24) is 4.57 Å². The van der Waals surface area contributed by atoms with Crippen LogP contribution >= 0.6 is 7.60 Å². The standard InChI is InChI=1S/C22H22NO3P/c1-3-15-8-10-21-19(12-15)20-13-16(4-2)9-11-22(20)23(21)17-6-5-7-18(14-17)27(24,25)26/h5-14H,3-4H2,1-2H3,(H2,24,25,26). The third-order valence-corrected chi connectivity index (χ3v) is 6.09. The first-order valence-corrected chi connectivity index (χ1v) is 10.8. The first-order valence-electron chi connectivity index (χ1n) is 9.15. The van der Waals surface area contributed by atoms with E-state index in [2.05, 4.69) is 54.8 Å². The highest BCUT2D eigenvalue weighted by Gasteiger charge is 2.19. The van der Waals surface area contributed by atoms with Crippen LogP contribution < -0.4 is 5.30 Å². The lowest BCUT2D eigenvalue weighted by molar-refractivity contribution is 0.387. The molecule has 5 heteroatoms. The molecule has 0 aliphatic heterocycles. The van der Waals surface area contributed by atoms with Gasteiger partial charge in [0.25, 0.3) is 0 Å². The van der Waals surface area contributed by atoms with Crippen LogP contribution in [0, 0.1) is 0 Å². The zero-order valence-electron chi connectivity index (χ0n) is 15.4. The van der Waals surface area contributed by atoms with E-state index in [1.54, 1.807) is 12.1 Å². The van der Waals surface area contributed by atoms with Crippen molar-refractivity contribution in [3.63, 3.8) is 0 Å². The van der Waals surface area contributed by atoms with Gasteiger partial charge in [-0.2, -0.15) is 0 Å². The minimum atomic E-state index is -4.31. The van der Waals surface area contributed by atoms with E-state index in [1.807, 2.05) is 6.07 Å². The average Bonchev–Trinajstić information content (AvgIpc) is 3.00. The lowest BCUT2D eigenvalue weighted by Crippen LogP contribution is -2.06. The van der Waals surface area contributed by atoms with Gasteiger partial charge in [-0.15, -0.1) is 0 Å². The van der Waals surface area contributed by atoms with Crippen LogP contribution in [0.15, 0.2) is 60.7 Å². The maximum absolute atomic E-state index is 11.7. The molecule has 0 saturated heterocycles. The number of aryl methyl sites for hydroxylation is 2. The molecular weight excluding hydrogens is 357 g/mol. The predicted octanol–water partition coefficient (Wildman–Crippen LogP) is 4.71. The van der Waals surface area contributed by atoms with Crippen molar-refractivity contribution >= 4 is 34.7 Å². The van der Waals surface area contributed by atoms with Crippen LogP contribution in [-0.2, 0) is 17.4 Å². The summed E-state index contributed by atoms with van der Waals surface area (Å²) in [6.07, 6.45) is 1.92. The molecule has 0 aliphatic rings. The number of fused-ring (bicyclic) bond motifs is 3. The smallest absolute Gasteiger partial charge is 0.321 e. The fraction of sp³-hybridized carbons (Fsp3) is 0.182. The summed E-state index contributed by atoms with van der Waals surface area (Å²) >= 11 is 0. The van der Waals surface area contributed by atoms with Gasteiger partial charge >= 0.3 is 7.60 Å². The monoisotopic (exact) mass is 379 g/mol. The van der Waals surface area contributed by atoms with E-state index in [-0.39, 0.29) is 5.30 Å². The van der Waals surface area contributed by atoms with Crippen LogP contribution in [0.4, 0.5) is 0 Å². The zero-order chi connectivity index (χ0) is 19.2. The Morgan fingerprint density at radius 3 is 1.85 bits per heavy atom. The SMILES string of the molecule is CCc1ccc2c(c1)c1cc(CC)ccc1n2-c1cccc(P(=O)(O)O)c1. The van der Waals surface area contributed by atoms with Gasteiger partial charge in [-0.05, 0) is 66.4 Å². The van der Waals surface area contributed by atoms with Crippen LogP contribution in [0.5, 0.6) is 0 Å². The second-order valence-corrected chi connectivity index (χ2v) is 8.41. The number of benzene rings is 3. The van der Waals surface area contributed by atoms with Gasteiger partial charge in [0.05, 0.1) is 16.3 Å². The number of hydrogen-bond acceptors (Lipinski definition) is 1. The van der Waals surface area contributed by atoms with Crippen LogP contribution in [0.3, 0.4) is 0 Å². The van der Waals surface area contributed by atoms with E-state index in [4.69, 9.17) is 0 Å². The highest BCUT2D eigenvalue weighted by atomic mass is 31.2. The number of hydrogen-bond donors (Lipinski definition) is 2. The van der Waals surface area contributed by atoms with E-state index in [0.717, 1.165) is 29.6 Å². The minimum Gasteiger partial charge on any atom is -0.321 e. The Bertz CT molecular complexity index is 1140. The van der Waals surface area contributed by atoms with E-state index in [0.29, 0.717) is 0 Å². The lowest BCUT2D eigenvalue weighted by Gasteiger charge is -2.11. The van der Waals surface area contributed by atoms with Crippen molar-refractivity contribution in [1.29, 1.82) is 0 Å². The van der Waals surface area contributed by atoms with E-state index in [1.165, 1.54) is 28.0 Å². The molecule has 4 aromatic rings. The number of nitrogens with zero attached hydrogens (tertiary/aromatic N) is 1. The molecule has 0 saturated carbocycles. The molecule has 0 radical (unpaired) electrons. The third-order valence-electron chi connectivity index (χ3n) is 5.13. The van der Waals surface area contributed by atoms with Crippen molar-refractivity contribution in [3.8, 4) is 5.69 Å². The third kappa shape index (κ3) is 3.10. The summed E-state index contributed by atoms with van der Waals surface area (Å²) in [6, 6.07) is 19.5. The maximum atomic E-state index is 11.7. The summed E-state index contributed by atoms with van der Waals surface area (Å²) in [5.41, 5.74) is 5.38. The van der Waals surface area contributed by atoms with Gasteiger partial charge in [0.1, 0.15) is 0 Å². The maximum Gasteiger partial charge on any atom is 0.356 e. The molecule has 2 N–H and O–H groups in total. The first-order chi connectivity index (χ1) is 12.9. The van der Waals surface area contributed by atoms with E-state index in [9.17, 15) is 14.4 Å². The molecule has 27 heavy (non-hydrogen) atoms. The van der Waals surface area contributed by atoms with Crippen molar-refractivity contribution < 1.29 is 14.4 Å². The van der Waals surface area contributed by atoms with Crippen LogP contribution in [-0.4, -0.2) is 14.4 Å². The van der Waals surface area contributed by atoms with Crippen molar-refractivity contribution in [2.45, 2.75) is 26.7 Å². The largest absolute Gasteiger partial charge is 0.356 e. The fourth-order valence-electron chi connectivity index (χ4n) is 3.65. The highest BCUT2D eigenvalue weighted by Crippen LogP contribution is 2.36. The van der Waals surface area contributed by atoms with E-state index < -0.39 is 7.60 Å². The molecule has 1 heterocycles. The Morgan fingerprint density at radius 1 is 0.815 bits per heavy atom. The van der Waals surface area contributed by atoms with Gasteiger partial charge in [0.15, 0.2) is 0 Å². The normalized spacial score (nSPS) is 12.1. The van der Waals surface area contributed by atoms with Gasteiger partial charge in [0, 0.05) is 16.5 Å². The highest BCUT2D eigenvalue weighted by molar-refractivity contribution is 7.60. The van der Waals surface area contributed by atoms with Gasteiger partial charge in [0.2, 0.25) is 0 Å². The second-order valence-electron chi connectivity index (χ2n) is 6.81. The molecule has 138 valence electrons. The Balaban J connectivity index is 2.09. The Kier molecular flexibility index (Phi) is 4.43. The molecule has 0 amide bonds. The summed E-state index contributed by atoms with van der Waals surface area (Å²) in [6.45, 7) is 4.28. The van der Waals surface area contributed by atoms with Gasteiger partial charge in [-0.25, -0.2) is 0 Å². The quantitative estimate of drug-likeness (QED) is 0.505. The molecule has 3 aromatic carbocycles. The molecule has 0 atom stereocenters. The van der Waals surface area contributed by atoms with Gasteiger partial charge in [-0.1, -0.05) is 32.0 Å². The molecule has 4 rings (SSSR count). The molecule has 0 bridgehead atoms. The zero-order valence-corrected chi connectivity index (χ0v) is 16.3. The summed E-state index contributed by atoms with van der Waals surface area (Å²) < 4.78 is 13.8. The summed E-state index contributed by atoms with van der Waals surface area (Å²) in [5.74, 6) is 0. The molecule has 0 aliphatic carbocycles. The second kappa shape index (κ2) is 6.65. The minimum absolute atomic E-state index is 0.0327. The van der Waals surface area contributed by atoms with Crippen LogP contribution in [0.25, 0.3) is 27.5 Å². The summed E-state index contributed by atoms with van der Waals surface area (Å²) in [4.78, 5) is 19.2. The molecule has 0 spiro atoms. The molecule has 1 aromatic heterocycles. The summed E-state index contributed by atoms with van der Waals surface area (Å²) in [7, 11) is -4.31. The topological polar surface area (TPSA) is 62.5 Å². The van der Waals surface area contributed by atoms with Crippen molar-refractivity contribution in [3.05, 3.63) is 71.8 Å². The number of aromatic nitrogens is 1. The lowest BCUT2D eigenvalue weighted by atomic mass is 10.1. The molecule has 0 unspecified atom stereocenters. The molecule has 0 fully saturated rings. The fourth-order valence-corrected chi connectivity index (χ4v) is 4.23. The average molecular weight is 379 g/mol. The first kappa shape index (κ1) is 18.0. The number of rotatable bonds is 4. The van der Waals surface area contributed by atoms with Crippen molar-refractivity contribution in [2.75, 3.05) is 0 Å². The predicted molar refractivity (Wildman–Crippen MR) is 111 cm³/mol. The van der Waals surface area contributed by atoms with Gasteiger partial charge in [-0.3, -0.25) is 4.57 Å². The summed E-state index contributed by atoms with van der Waals surface area (Å²) in [5, 5.41) is 2.37. The Hall–Kier alpha value is -2.39. The van der Waals surface area contributed by atoms with Crippen LogP contribution in [0.1, 0.15) is 25.0 Å². The van der Waals surface area contributed by atoms with Crippen molar-refractivity contribution in [2.24, 2.45) is 0 Å². The van der Waals surface area contributed by atoms with Gasteiger partial charge < -0.3 is 14.4 Å². The molecular formula is C22H22NO3P. The van der Waals surface area contributed by atoms with E-state index >= 15 is 0 Å². The molecule has 4 nitrogen and oxygen atoms in total. The van der Waals surface area contributed by atoms with Crippen LogP contribution in [0.2, 0.25) is 0 Å². The Morgan fingerprint density at radius 2 is 1.37 bits per heavy atom. The Labute approximate surface area is 158 Å².